The van der Waals surface area contributed by atoms with Gasteiger partial charge in [0.1, 0.15) is 0 Å². The van der Waals surface area contributed by atoms with Crippen LogP contribution in [0.2, 0.25) is 5.02 Å². The second kappa shape index (κ2) is 9.41. The molecule has 166 valence electrons. The molecule has 9 nitrogen and oxygen atoms in total. The number of carbonyl (C=O) groups excluding carboxylic acids is 2. The molecular weight excluding hydrogens is 442 g/mol. The number of hydrogen-bond donors (Lipinski definition) is 4. The second-order valence-corrected chi connectivity index (χ2v) is 7.56. The summed E-state index contributed by atoms with van der Waals surface area (Å²) in [5.74, 6) is -0.754. The predicted octanol–water partition coefficient (Wildman–Crippen LogP) is 3.27. The molecule has 0 spiro atoms. The highest BCUT2D eigenvalue weighted by Crippen LogP contribution is 2.18. The molecule has 2 amide bonds. The fourth-order valence-corrected chi connectivity index (χ4v) is 3.23. The number of anilines is 3. The molecule has 0 aliphatic heterocycles. The third kappa shape index (κ3) is 5.10. The van der Waals surface area contributed by atoms with E-state index in [0.717, 1.165) is 5.56 Å². The number of carbonyl (C=O) groups is 2. The summed E-state index contributed by atoms with van der Waals surface area (Å²) >= 11 is 5.99. The van der Waals surface area contributed by atoms with Gasteiger partial charge in [-0.05, 0) is 48.0 Å². The Morgan fingerprint density at radius 3 is 2.39 bits per heavy atom. The number of benzene rings is 3. The summed E-state index contributed by atoms with van der Waals surface area (Å²) in [4.78, 5) is 26.2. The molecule has 33 heavy (non-hydrogen) atoms. The molecule has 4 rings (SSSR count). The van der Waals surface area contributed by atoms with Crippen molar-refractivity contribution in [3.05, 3.63) is 94.6 Å². The quantitative estimate of drug-likeness (QED) is 0.325. The molecule has 0 radical (unpaired) electrons. The molecule has 0 atom stereocenters. The Hall–Kier alpha value is -4.37. The van der Waals surface area contributed by atoms with Crippen LogP contribution in [0.5, 0.6) is 0 Å². The van der Waals surface area contributed by atoms with Crippen molar-refractivity contribution < 1.29 is 9.59 Å². The zero-order valence-corrected chi connectivity index (χ0v) is 18.1. The van der Waals surface area contributed by atoms with Crippen molar-refractivity contribution in [3.8, 4) is 5.69 Å². The fraction of sp³-hybridized carbons (Fsp3) is 0.0435. The monoisotopic (exact) mass is 461 g/mol. The number of halogens is 1. The number of nitrogen functional groups attached to an aromatic ring is 2. The van der Waals surface area contributed by atoms with E-state index in [1.54, 1.807) is 72.8 Å². The topological polar surface area (TPSA) is 141 Å². The van der Waals surface area contributed by atoms with Gasteiger partial charge in [0, 0.05) is 17.1 Å². The van der Waals surface area contributed by atoms with Crippen LogP contribution in [0.1, 0.15) is 26.4 Å². The van der Waals surface area contributed by atoms with E-state index in [1.807, 2.05) is 0 Å². The lowest BCUT2D eigenvalue weighted by Crippen LogP contribution is -2.24. The first-order chi connectivity index (χ1) is 15.9. The number of nitrogens with zero attached hydrogens (tertiary/aromatic N) is 3. The molecule has 0 fully saturated rings. The van der Waals surface area contributed by atoms with Crippen LogP contribution < -0.4 is 22.1 Å². The van der Waals surface area contributed by atoms with Gasteiger partial charge in [-0.2, -0.15) is 0 Å². The molecule has 3 aromatic carbocycles. The zero-order valence-electron chi connectivity index (χ0n) is 17.3. The molecule has 1 aromatic heterocycles. The van der Waals surface area contributed by atoms with Crippen molar-refractivity contribution in [3.63, 3.8) is 0 Å². The van der Waals surface area contributed by atoms with E-state index in [2.05, 4.69) is 20.8 Å². The number of para-hydroxylation sites is 2. The highest BCUT2D eigenvalue weighted by atomic mass is 35.5. The average Bonchev–Trinajstić information content (AvgIpc) is 3.21. The van der Waals surface area contributed by atoms with Gasteiger partial charge in [-0.3, -0.25) is 9.59 Å². The number of hydrogen-bond acceptors (Lipinski definition) is 6. The second-order valence-electron chi connectivity index (χ2n) is 7.12. The van der Waals surface area contributed by atoms with Crippen LogP contribution >= 0.6 is 11.6 Å². The molecule has 4 aromatic rings. The summed E-state index contributed by atoms with van der Waals surface area (Å²) in [6, 6.07) is 20.7. The van der Waals surface area contributed by atoms with Crippen LogP contribution in [0.4, 0.5) is 17.2 Å². The van der Waals surface area contributed by atoms with Gasteiger partial charge in [0.15, 0.2) is 11.5 Å². The molecule has 0 saturated carbocycles. The maximum atomic E-state index is 12.6. The molecule has 0 aliphatic rings. The largest absolute Gasteiger partial charge is 0.397 e. The smallest absolute Gasteiger partial charge is 0.275 e. The van der Waals surface area contributed by atoms with Crippen LogP contribution in [0.25, 0.3) is 5.69 Å². The van der Waals surface area contributed by atoms with E-state index in [0.29, 0.717) is 27.6 Å². The number of rotatable bonds is 6. The van der Waals surface area contributed by atoms with Gasteiger partial charge in [0.25, 0.3) is 11.8 Å². The van der Waals surface area contributed by atoms with Crippen LogP contribution in [-0.4, -0.2) is 26.8 Å². The molecule has 0 unspecified atom stereocenters. The Labute approximate surface area is 194 Å². The first kappa shape index (κ1) is 21.8. The fourth-order valence-electron chi connectivity index (χ4n) is 3.04. The predicted molar refractivity (Wildman–Crippen MR) is 127 cm³/mol. The maximum absolute atomic E-state index is 12.6. The summed E-state index contributed by atoms with van der Waals surface area (Å²) in [6.07, 6.45) is 0. The van der Waals surface area contributed by atoms with E-state index >= 15 is 0 Å². The van der Waals surface area contributed by atoms with E-state index in [9.17, 15) is 9.59 Å². The van der Waals surface area contributed by atoms with Crippen molar-refractivity contribution in [2.45, 2.75) is 6.54 Å². The Kier molecular flexibility index (Phi) is 6.23. The number of nitrogens with two attached hydrogens (primary N) is 2. The van der Waals surface area contributed by atoms with E-state index in [1.165, 1.54) is 4.80 Å². The minimum Gasteiger partial charge on any atom is -0.397 e. The van der Waals surface area contributed by atoms with Gasteiger partial charge >= 0.3 is 0 Å². The minimum absolute atomic E-state index is 0.000297. The summed E-state index contributed by atoms with van der Waals surface area (Å²) in [6.45, 7) is 0.218. The van der Waals surface area contributed by atoms with Crippen LogP contribution in [0.15, 0.2) is 72.8 Å². The lowest BCUT2D eigenvalue weighted by Gasteiger charge is -2.09. The molecule has 1 heterocycles. The van der Waals surface area contributed by atoms with E-state index in [-0.39, 0.29) is 24.0 Å². The standard InChI is InChI=1S/C23H20ClN7O2/c24-16-4-3-5-17(12-16)31-29-20(21(26)30-31)23(33)27-13-14-8-10-15(11-9-14)22(32)28-19-7-2-1-6-18(19)25/h1-12H,13,25H2,(H2,26,30)(H,27,33)(H,28,32). The molecule has 0 saturated heterocycles. The molecule has 0 bridgehead atoms. The molecule has 0 aliphatic carbocycles. The van der Waals surface area contributed by atoms with Gasteiger partial charge in [-0.15, -0.1) is 15.0 Å². The highest BCUT2D eigenvalue weighted by molar-refractivity contribution is 6.30. The lowest BCUT2D eigenvalue weighted by atomic mass is 10.1. The zero-order chi connectivity index (χ0) is 23.4. The Morgan fingerprint density at radius 2 is 1.67 bits per heavy atom. The van der Waals surface area contributed by atoms with Crippen LogP contribution in [0.3, 0.4) is 0 Å². The number of amides is 2. The Bertz CT molecular complexity index is 1320. The first-order valence-electron chi connectivity index (χ1n) is 9.92. The Morgan fingerprint density at radius 1 is 0.909 bits per heavy atom. The van der Waals surface area contributed by atoms with E-state index in [4.69, 9.17) is 23.1 Å². The van der Waals surface area contributed by atoms with Gasteiger partial charge < -0.3 is 22.1 Å². The molecule has 10 heteroatoms. The van der Waals surface area contributed by atoms with Crippen molar-refractivity contribution in [2.75, 3.05) is 16.8 Å². The Balaban J connectivity index is 1.38. The summed E-state index contributed by atoms with van der Waals surface area (Å²) in [5.41, 5.74) is 14.6. The van der Waals surface area contributed by atoms with Gasteiger partial charge in [0.2, 0.25) is 0 Å². The summed E-state index contributed by atoms with van der Waals surface area (Å²) in [7, 11) is 0. The van der Waals surface area contributed by atoms with Gasteiger partial charge in [-0.1, -0.05) is 41.9 Å². The average molecular weight is 462 g/mol. The minimum atomic E-state index is -0.470. The molecule has 6 N–H and O–H groups in total. The summed E-state index contributed by atoms with van der Waals surface area (Å²) in [5, 5.41) is 14.3. The number of nitrogens with one attached hydrogen (secondary N) is 2. The van der Waals surface area contributed by atoms with Crippen LogP contribution in [-0.2, 0) is 6.54 Å². The van der Waals surface area contributed by atoms with Crippen molar-refractivity contribution >= 4 is 40.6 Å². The van der Waals surface area contributed by atoms with Crippen molar-refractivity contribution in [2.24, 2.45) is 0 Å². The third-order valence-electron chi connectivity index (χ3n) is 4.77. The molecular formula is C23H20ClN7O2. The third-order valence-corrected chi connectivity index (χ3v) is 5.01. The van der Waals surface area contributed by atoms with Crippen LogP contribution in [0, 0.1) is 0 Å². The maximum Gasteiger partial charge on any atom is 0.275 e. The normalized spacial score (nSPS) is 10.6. The first-order valence-corrected chi connectivity index (χ1v) is 10.3. The van der Waals surface area contributed by atoms with E-state index < -0.39 is 5.91 Å². The van der Waals surface area contributed by atoms with Crippen molar-refractivity contribution in [1.29, 1.82) is 0 Å². The van der Waals surface area contributed by atoms with Gasteiger partial charge in [-0.25, -0.2) is 0 Å². The SMILES string of the molecule is Nc1ccccc1NC(=O)c1ccc(CNC(=O)c2nn(-c3cccc(Cl)c3)nc2N)cc1. The van der Waals surface area contributed by atoms with Crippen molar-refractivity contribution in [1.82, 2.24) is 20.3 Å². The lowest BCUT2D eigenvalue weighted by molar-refractivity contribution is 0.0945. The van der Waals surface area contributed by atoms with Gasteiger partial charge in [0.05, 0.1) is 17.1 Å². The summed E-state index contributed by atoms with van der Waals surface area (Å²) < 4.78 is 0. The highest BCUT2D eigenvalue weighted by Gasteiger charge is 2.17. The number of aromatic nitrogens is 3.